The van der Waals surface area contributed by atoms with Crippen molar-refractivity contribution < 1.29 is 0 Å². The number of nitrogens with zero attached hydrogens (tertiary/aromatic N) is 3. The first-order valence-corrected chi connectivity index (χ1v) is 9.83. The van der Waals surface area contributed by atoms with Crippen LogP contribution in [-0.2, 0) is 18.4 Å². The van der Waals surface area contributed by atoms with Crippen LogP contribution in [0.2, 0.25) is 0 Å². The molecule has 3 aliphatic rings. The third kappa shape index (κ3) is 2.51. The van der Waals surface area contributed by atoms with Gasteiger partial charge in [0.05, 0.1) is 0 Å². The molecule has 0 aromatic carbocycles. The van der Waals surface area contributed by atoms with Gasteiger partial charge in [0, 0.05) is 18.4 Å². The molecule has 4 rings (SSSR count). The number of hydrogen-bond acceptors (Lipinski definition) is 2. The van der Waals surface area contributed by atoms with Gasteiger partial charge in [0.2, 0.25) is 0 Å². The minimum absolute atomic E-state index is 0.380. The highest BCUT2D eigenvalue weighted by Gasteiger charge is 2.46. The molecule has 2 fully saturated rings. The van der Waals surface area contributed by atoms with Crippen molar-refractivity contribution in [2.45, 2.75) is 102 Å². The fourth-order valence-electron chi connectivity index (χ4n) is 5.51. The number of aryl methyl sites for hydroxylation is 1. The standard InChI is InChI=1S/C19H31N3/c1-2-9-15-22-17(12-6-1)20-21-18(22)19(13-7-8-14-19)16-10-4-3-5-11-16/h16H,1-15H2. The van der Waals surface area contributed by atoms with Crippen molar-refractivity contribution >= 4 is 0 Å². The van der Waals surface area contributed by atoms with Crippen LogP contribution in [0.4, 0.5) is 0 Å². The zero-order valence-corrected chi connectivity index (χ0v) is 14.0. The third-order valence-corrected chi connectivity index (χ3v) is 6.69. The van der Waals surface area contributed by atoms with Gasteiger partial charge in [-0.15, -0.1) is 10.2 Å². The molecule has 0 spiro atoms. The molecule has 2 saturated carbocycles. The molecule has 1 aliphatic heterocycles. The molecule has 2 aliphatic carbocycles. The summed E-state index contributed by atoms with van der Waals surface area (Å²) in [5.74, 6) is 3.56. The molecule has 3 heteroatoms. The van der Waals surface area contributed by atoms with Crippen molar-refractivity contribution in [1.29, 1.82) is 0 Å². The van der Waals surface area contributed by atoms with Crippen LogP contribution in [0.5, 0.6) is 0 Å². The minimum atomic E-state index is 0.380. The molecule has 0 amide bonds. The van der Waals surface area contributed by atoms with Crippen LogP contribution in [0, 0.1) is 5.92 Å². The van der Waals surface area contributed by atoms with Gasteiger partial charge in [0.1, 0.15) is 11.6 Å². The van der Waals surface area contributed by atoms with E-state index in [1.165, 1.54) is 102 Å². The number of hydrogen-bond donors (Lipinski definition) is 0. The quantitative estimate of drug-likeness (QED) is 0.786. The summed E-state index contributed by atoms with van der Waals surface area (Å²) in [5.41, 5.74) is 0.380. The zero-order chi connectivity index (χ0) is 14.8. The zero-order valence-electron chi connectivity index (χ0n) is 14.0. The second kappa shape index (κ2) is 6.33. The second-order valence-electron chi connectivity index (χ2n) is 7.95. The topological polar surface area (TPSA) is 30.7 Å². The Morgan fingerprint density at radius 1 is 0.773 bits per heavy atom. The third-order valence-electron chi connectivity index (χ3n) is 6.69. The van der Waals surface area contributed by atoms with Crippen LogP contribution in [0.25, 0.3) is 0 Å². The van der Waals surface area contributed by atoms with Gasteiger partial charge in [-0.1, -0.05) is 44.9 Å². The largest absolute Gasteiger partial charge is 0.315 e. The Bertz CT molecular complexity index is 493. The lowest BCUT2D eigenvalue weighted by Crippen LogP contribution is -2.37. The van der Waals surface area contributed by atoms with E-state index in [2.05, 4.69) is 9.67 Å². The number of rotatable bonds is 2. The normalized spacial score (nSPS) is 26.4. The lowest BCUT2D eigenvalue weighted by atomic mass is 9.67. The smallest absolute Gasteiger partial charge is 0.139 e. The first-order chi connectivity index (χ1) is 10.9. The molecule has 1 aromatic rings. The van der Waals surface area contributed by atoms with E-state index >= 15 is 0 Å². The predicted molar refractivity (Wildman–Crippen MR) is 88.9 cm³/mol. The van der Waals surface area contributed by atoms with Crippen LogP contribution in [0.3, 0.4) is 0 Å². The predicted octanol–water partition coefficient (Wildman–Crippen LogP) is 4.79. The molecule has 22 heavy (non-hydrogen) atoms. The molecule has 3 nitrogen and oxygen atoms in total. The Kier molecular flexibility index (Phi) is 4.23. The van der Waals surface area contributed by atoms with E-state index in [4.69, 9.17) is 5.10 Å². The maximum atomic E-state index is 4.82. The van der Waals surface area contributed by atoms with E-state index < -0.39 is 0 Å². The second-order valence-corrected chi connectivity index (χ2v) is 7.95. The highest BCUT2D eigenvalue weighted by atomic mass is 15.3. The average Bonchev–Trinajstić information content (AvgIpc) is 3.16. The maximum Gasteiger partial charge on any atom is 0.139 e. The summed E-state index contributed by atoms with van der Waals surface area (Å²) in [6.07, 6.45) is 19.3. The van der Waals surface area contributed by atoms with Crippen molar-refractivity contribution in [3.8, 4) is 0 Å². The van der Waals surface area contributed by atoms with Crippen LogP contribution >= 0.6 is 0 Å². The van der Waals surface area contributed by atoms with Crippen LogP contribution < -0.4 is 0 Å². The Morgan fingerprint density at radius 3 is 2.32 bits per heavy atom. The molecular formula is C19H31N3. The molecule has 0 unspecified atom stereocenters. The highest BCUT2D eigenvalue weighted by molar-refractivity contribution is 5.16. The Morgan fingerprint density at radius 2 is 1.50 bits per heavy atom. The summed E-state index contributed by atoms with van der Waals surface area (Å²) < 4.78 is 2.57. The minimum Gasteiger partial charge on any atom is -0.315 e. The molecule has 0 N–H and O–H groups in total. The van der Waals surface area contributed by atoms with E-state index in [0.29, 0.717) is 5.41 Å². The summed E-state index contributed by atoms with van der Waals surface area (Å²) in [6, 6.07) is 0. The maximum absolute atomic E-state index is 4.82. The van der Waals surface area contributed by atoms with Gasteiger partial charge in [-0.3, -0.25) is 0 Å². The van der Waals surface area contributed by atoms with Crippen molar-refractivity contribution in [1.82, 2.24) is 14.8 Å². The van der Waals surface area contributed by atoms with Crippen LogP contribution in [0.15, 0.2) is 0 Å². The average molecular weight is 301 g/mol. The van der Waals surface area contributed by atoms with Crippen molar-refractivity contribution in [2.75, 3.05) is 0 Å². The van der Waals surface area contributed by atoms with E-state index in [-0.39, 0.29) is 0 Å². The first kappa shape index (κ1) is 14.7. The van der Waals surface area contributed by atoms with E-state index in [9.17, 15) is 0 Å². The van der Waals surface area contributed by atoms with Gasteiger partial charge in [0.25, 0.3) is 0 Å². The van der Waals surface area contributed by atoms with Gasteiger partial charge in [-0.05, 0) is 44.4 Å². The summed E-state index contributed by atoms with van der Waals surface area (Å²) in [7, 11) is 0. The van der Waals surface area contributed by atoms with Gasteiger partial charge in [-0.2, -0.15) is 0 Å². The Labute approximate surface area is 134 Å². The van der Waals surface area contributed by atoms with Crippen molar-refractivity contribution in [3.05, 3.63) is 11.6 Å². The molecule has 0 bridgehead atoms. The van der Waals surface area contributed by atoms with Crippen molar-refractivity contribution in [2.24, 2.45) is 5.92 Å². The van der Waals surface area contributed by atoms with Gasteiger partial charge >= 0.3 is 0 Å². The van der Waals surface area contributed by atoms with E-state index in [0.717, 1.165) is 12.3 Å². The highest BCUT2D eigenvalue weighted by Crippen LogP contribution is 2.51. The molecule has 0 atom stereocenters. The lowest BCUT2D eigenvalue weighted by Gasteiger charge is -2.39. The molecular weight excluding hydrogens is 270 g/mol. The molecule has 122 valence electrons. The van der Waals surface area contributed by atoms with E-state index in [1.807, 2.05) is 0 Å². The Balaban J connectivity index is 1.70. The molecule has 1 aromatic heterocycles. The molecule has 0 radical (unpaired) electrons. The fraction of sp³-hybridized carbons (Fsp3) is 0.895. The van der Waals surface area contributed by atoms with Gasteiger partial charge in [0.15, 0.2) is 0 Å². The lowest BCUT2D eigenvalue weighted by molar-refractivity contribution is 0.188. The molecule has 2 heterocycles. The van der Waals surface area contributed by atoms with Crippen molar-refractivity contribution in [3.63, 3.8) is 0 Å². The first-order valence-electron chi connectivity index (χ1n) is 9.83. The summed E-state index contributed by atoms with van der Waals surface area (Å²) >= 11 is 0. The summed E-state index contributed by atoms with van der Waals surface area (Å²) in [6.45, 7) is 1.17. The fourth-order valence-corrected chi connectivity index (χ4v) is 5.51. The summed E-state index contributed by atoms with van der Waals surface area (Å²) in [4.78, 5) is 0. The molecule has 0 saturated heterocycles. The summed E-state index contributed by atoms with van der Waals surface area (Å²) in [5, 5.41) is 9.48. The van der Waals surface area contributed by atoms with E-state index in [1.54, 1.807) is 0 Å². The van der Waals surface area contributed by atoms with Crippen LogP contribution in [-0.4, -0.2) is 14.8 Å². The number of aromatic nitrogens is 3. The Hall–Kier alpha value is -0.860. The SMILES string of the molecule is C1CCCn2c(nnc2C2(C3CCCCC3)CCCC2)CC1. The number of fused-ring (bicyclic) bond motifs is 1. The van der Waals surface area contributed by atoms with Gasteiger partial charge < -0.3 is 4.57 Å². The van der Waals surface area contributed by atoms with Crippen LogP contribution in [0.1, 0.15) is 95.1 Å². The monoisotopic (exact) mass is 301 g/mol. The van der Waals surface area contributed by atoms with Gasteiger partial charge in [-0.25, -0.2) is 0 Å².